The number of ketones is 1. The van der Waals surface area contributed by atoms with Gasteiger partial charge in [0.2, 0.25) is 0 Å². The van der Waals surface area contributed by atoms with Crippen molar-refractivity contribution < 1.29 is 19.1 Å². The molecule has 1 saturated heterocycles. The zero-order valence-electron chi connectivity index (χ0n) is 16.1. The Kier molecular flexibility index (Phi) is 5.43. The highest BCUT2D eigenvalue weighted by Gasteiger charge is 2.45. The van der Waals surface area contributed by atoms with Crippen LogP contribution in [0.4, 0.5) is 4.39 Å². The van der Waals surface area contributed by atoms with E-state index < -0.39 is 23.5 Å². The predicted molar refractivity (Wildman–Crippen MR) is 109 cm³/mol. The van der Waals surface area contributed by atoms with Gasteiger partial charge in [-0.1, -0.05) is 42.5 Å². The van der Waals surface area contributed by atoms with Crippen molar-refractivity contribution in [3.8, 4) is 0 Å². The second-order valence-electron chi connectivity index (χ2n) is 7.07. The number of carbonyl (C=O) groups is 2. The quantitative estimate of drug-likeness (QED) is 0.387. The summed E-state index contributed by atoms with van der Waals surface area (Å²) in [4.78, 5) is 31.1. The van der Waals surface area contributed by atoms with Crippen LogP contribution in [-0.4, -0.2) is 37.8 Å². The summed E-state index contributed by atoms with van der Waals surface area (Å²) < 4.78 is 15.8. The van der Waals surface area contributed by atoms with Gasteiger partial charge < -0.3 is 14.6 Å². The topological polar surface area (TPSA) is 75.4 Å². The number of hydrogen-bond acceptors (Lipinski definition) is 4. The molecule has 30 heavy (non-hydrogen) atoms. The van der Waals surface area contributed by atoms with Gasteiger partial charge in [0.25, 0.3) is 11.7 Å². The van der Waals surface area contributed by atoms with Crippen LogP contribution in [0.25, 0.3) is 5.76 Å². The summed E-state index contributed by atoms with van der Waals surface area (Å²) in [7, 11) is 0. The lowest BCUT2D eigenvalue weighted by Crippen LogP contribution is -2.31. The van der Waals surface area contributed by atoms with E-state index in [1.807, 2.05) is 10.8 Å². The fraction of sp³-hybridized carbons (Fsp3) is 0.174. The molecule has 3 aromatic rings. The number of aliphatic hydroxyl groups excluding tert-OH is 1. The Labute approximate surface area is 172 Å². The van der Waals surface area contributed by atoms with Crippen LogP contribution in [0.15, 0.2) is 78.9 Å². The molecule has 1 aliphatic heterocycles. The molecule has 7 heteroatoms. The summed E-state index contributed by atoms with van der Waals surface area (Å²) in [5.41, 5.74) is 0.837. The summed E-state index contributed by atoms with van der Waals surface area (Å²) in [5.74, 6) is -2.21. The van der Waals surface area contributed by atoms with Gasteiger partial charge in [-0.2, -0.15) is 0 Å². The first-order valence-corrected chi connectivity index (χ1v) is 9.61. The number of aryl methyl sites for hydroxylation is 1. The Bertz CT molecular complexity index is 1090. The van der Waals surface area contributed by atoms with Crippen LogP contribution in [0.2, 0.25) is 0 Å². The smallest absolute Gasteiger partial charge is 0.295 e. The van der Waals surface area contributed by atoms with Gasteiger partial charge in [0.05, 0.1) is 17.9 Å². The van der Waals surface area contributed by atoms with Gasteiger partial charge in [0, 0.05) is 31.0 Å². The number of aromatic nitrogens is 2. The highest BCUT2D eigenvalue weighted by Crippen LogP contribution is 2.39. The predicted octanol–water partition coefficient (Wildman–Crippen LogP) is 3.53. The largest absolute Gasteiger partial charge is 0.507 e. The van der Waals surface area contributed by atoms with E-state index in [0.29, 0.717) is 24.1 Å². The maximum Gasteiger partial charge on any atom is 0.295 e. The van der Waals surface area contributed by atoms with Gasteiger partial charge in [-0.15, -0.1) is 0 Å². The molecule has 1 atom stereocenters. The number of hydrogen-bond donors (Lipinski definition) is 1. The van der Waals surface area contributed by atoms with E-state index in [1.165, 1.54) is 23.1 Å². The average Bonchev–Trinajstić information content (AvgIpc) is 3.36. The molecule has 2 heterocycles. The third kappa shape index (κ3) is 3.74. The maximum absolute atomic E-state index is 14.0. The standard InChI is InChI=1S/C23H20FN3O3/c24-18-9-4-8-17(14-18)20-19(21(28)16-6-2-1-3-7-16)22(29)23(30)27(20)12-5-11-26-13-10-25-15-26/h1-4,6-10,13-15,20,28H,5,11-12H2/t20-/m0/s1. The maximum atomic E-state index is 14.0. The third-order valence-electron chi connectivity index (χ3n) is 5.13. The summed E-state index contributed by atoms with van der Waals surface area (Å²) in [6, 6.07) is 13.5. The number of nitrogens with zero attached hydrogens (tertiary/aromatic N) is 3. The molecular formula is C23H20FN3O3. The second-order valence-corrected chi connectivity index (χ2v) is 7.07. The summed E-state index contributed by atoms with van der Waals surface area (Å²) >= 11 is 0. The van der Waals surface area contributed by atoms with E-state index in [9.17, 15) is 19.1 Å². The van der Waals surface area contributed by atoms with Gasteiger partial charge in [-0.05, 0) is 24.1 Å². The number of halogens is 1. The van der Waals surface area contributed by atoms with Gasteiger partial charge >= 0.3 is 0 Å². The molecule has 0 bridgehead atoms. The van der Waals surface area contributed by atoms with Crippen LogP contribution < -0.4 is 0 Å². The molecule has 6 nitrogen and oxygen atoms in total. The molecule has 0 spiro atoms. The normalized spacial score (nSPS) is 18.2. The van der Waals surface area contributed by atoms with Crippen molar-refractivity contribution in [1.29, 1.82) is 0 Å². The second kappa shape index (κ2) is 8.32. The molecule has 4 rings (SSSR count). The Morgan fingerprint density at radius 2 is 1.87 bits per heavy atom. The fourth-order valence-electron chi connectivity index (χ4n) is 3.73. The molecule has 1 amide bonds. The number of imidazole rings is 1. The number of benzene rings is 2. The highest BCUT2D eigenvalue weighted by molar-refractivity contribution is 6.46. The SMILES string of the molecule is O=C1C(=O)N(CCCn2ccnc2)[C@@H](c2cccc(F)c2)C1=C(O)c1ccccc1. The number of likely N-dealkylation sites (tertiary alicyclic amines) is 1. The number of Topliss-reactive ketones (excluding diaryl/α,β-unsaturated/α-hetero) is 1. The number of aliphatic hydroxyl groups is 1. The summed E-state index contributed by atoms with van der Waals surface area (Å²) in [5, 5.41) is 10.9. The minimum absolute atomic E-state index is 0.0283. The molecule has 0 aliphatic carbocycles. The van der Waals surface area contributed by atoms with Crippen molar-refractivity contribution in [2.45, 2.75) is 19.0 Å². The minimum Gasteiger partial charge on any atom is -0.507 e. The van der Waals surface area contributed by atoms with Crippen LogP contribution in [0.5, 0.6) is 0 Å². The van der Waals surface area contributed by atoms with Crippen LogP contribution in [-0.2, 0) is 16.1 Å². The van der Waals surface area contributed by atoms with E-state index in [1.54, 1.807) is 48.9 Å². The molecule has 0 saturated carbocycles. The Morgan fingerprint density at radius 1 is 1.07 bits per heavy atom. The van der Waals surface area contributed by atoms with E-state index >= 15 is 0 Å². The van der Waals surface area contributed by atoms with Crippen molar-refractivity contribution in [3.05, 3.63) is 95.8 Å². The van der Waals surface area contributed by atoms with E-state index in [-0.39, 0.29) is 17.9 Å². The van der Waals surface area contributed by atoms with E-state index in [2.05, 4.69) is 4.98 Å². The molecule has 1 aliphatic rings. The van der Waals surface area contributed by atoms with Gasteiger partial charge in [0.1, 0.15) is 11.6 Å². The molecule has 0 radical (unpaired) electrons. The molecule has 152 valence electrons. The lowest BCUT2D eigenvalue weighted by atomic mass is 9.95. The molecule has 1 fully saturated rings. The van der Waals surface area contributed by atoms with Crippen molar-refractivity contribution in [3.63, 3.8) is 0 Å². The van der Waals surface area contributed by atoms with Gasteiger partial charge in [0.15, 0.2) is 0 Å². The zero-order valence-corrected chi connectivity index (χ0v) is 16.1. The molecule has 1 N–H and O–H groups in total. The Morgan fingerprint density at radius 3 is 2.57 bits per heavy atom. The van der Waals surface area contributed by atoms with Crippen LogP contribution >= 0.6 is 0 Å². The average molecular weight is 405 g/mol. The third-order valence-corrected chi connectivity index (χ3v) is 5.13. The first kappa shape index (κ1) is 19.6. The number of carbonyl (C=O) groups excluding carboxylic acids is 2. The van der Waals surface area contributed by atoms with E-state index in [0.717, 1.165) is 0 Å². The Balaban J connectivity index is 1.73. The van der Waals surface area contributed by atoms with Crippen LogP contribution in [0.3, 0.4) is 0 Å². The first-order valence-electron chi connectivity index (χ1n) is 9.61. The van der Waals surface area contributed by atoms with Crippen LogP contribution in [0, 0.1) is 5.82 Å². The Hall–Kier alpha value is -3.74. The first-order chi connectivity index (χ1) is 14.6. The highest BCUT2D eigenvalue weighted by atomic mass is 19.1. The summed E-state index contributed by atoms with van der Waals surface area (Å²) in [6.07, 6.45) is 5.72. The van der Waals surface area contributed by atoms with E-state index in [4.69, 9.17) is 0 Å². The van der Waals surface area contributed by atoms with Crippen molar-refractivity contribution in [2.24, 2.45) is 0 Å². The summed E-state index contributed by atoms with van der Waals surface area (Å²) in [6.45, 7) is 0.882. The van der Waals surface area contributed by atoms with Crippen LogP contribution in [0.1, 0.15) is 23.6 Å². The monoisotopic (exact) mass is 405 g/mol. The lowest BCUT2D eigenvalue weighted by molar-refractivity contribution is -0.139. The molecule has 1 aromatic heterocycles. The van der Waals surface area contributed by atoms with Gasteiger partial charge in [-0.25, -0.2) is 9.37 Å². The number of rotatable bonds is 6. The van der Waals surface area contributed by atoms with Crippen molar-refractivity contribution in [1.82, 2.24) is 14.5 Å². The minimum atomic E-state index is -0.858. The zero-order chi connectivity index (χ0) is 21.1. The van der Waals surface area contributed by atoms with Crippen molar-refractivity contribution >= 4 is 17.4 Å². The fourth-order valence-corrected chi connectivity index (χ4v) is 3.73. The lowest BCUT2D eigenvalue weighted by Gasteiger charge is -2.25. The molecule has 0 unspecified atom stereocenters. The molecular weight excluding hydrogens is 385 g/mol. The van der Waals surface area contributed by atoms with Crippen molar-refractivity contribution in [2.75, 3.05) is 6.54 Å². The van der Waals surface area contributed by atoms with Gasteiger partial charge in [-0.3, -0.25) is 9.59 Å². The number of amides is 1. The molecule has 2 aromatic carbocycles.